The third kappa shape index (κ3) is 4.18. The van der Waals surface area contributed by atoms with E-state index in [1.165, 1.54) is 6.42 Å². The van der Waals surface area contributed by atoms with Crippen LogP contribution in [0.15, 0.2) is 36.7 Å². The van der Waals surface area contributed by atoms with E-state index in [1.54, 1.807) is 12.4 Å². The maximum atomic E-state index is 12.9. The third-order valence-electron chi connectivity index (χ3n) is 6.65. The predicted octanol–water partition coefficient (Wildman–Crippen LogP) is 4.54. The number of hydrogen-bond donors (Lipinski definition) is 3. The van der Waals surface area contributed by atoms with Gasteiger partial charge in [0.1, 0.15) is 12.4 Å². The van der Waals surface area contributed by atoms with Gasteiger partial charge in [0.05, 0.1) is 23.1 Å². The van der Waals surface area contributed by atoms with Crippen LogP contribution >= 0.6 is 11.6 Å². The molecule has 0 spiro atoms. The van der Waals surface area contributed by atoms with E-state index in [9.17, 15) is 4.79 Å². The number of H-pyrrole nitrogens is 1. The van der Waals surface area contributed by atoms with Crippen molar-refractivity contribution in [2.45, 2.75) is 32.2 Å². The Labute approximate surface area is 198 Å². The summed E-state index contributed by atoms with van der Waals surface area (Å²) in [5.41, 5.74) is 5.73. The highest BCUT2D eigenvalue weighted by atomic mass is 35.5. The second-order valence-electron chi connectivity index (χ2n) is 8.73. The molecule has 1 unspecified atom stereocenters. The van der Waals surface area contributed by atoms with Gasteiger partial charge in [0, 0.05) is 47.2 Å². The number of nitrogens with zero attached hydrogens (tertiary/aromatic N) is 2. The van der Waals surface area contributed by atoms with Gasteiger partial charge in [-0.15, -0.1) is 0 Å². The van der Waals surface area contributed by atoms with Gasteiger partial charge < -0.3 is 25.3 Å². The number of benzene rings is 1. The van der Waals surface area contributed by atoms with Gasteiger partial charge in [-0.2, -0.15) is 0 Å². The van der Waals surface area contributed by atoms with Crippen molar-refractivity contribution in [3.05, 3.63) is 58.5 Å². The van der Waals surface area contributed by atoms with Gasteiger partial charge in [-0.05, 0) is 57.1 Å². The van der Waals surface area contributed by atoms with Crippen molar-refractivity contribution in [1.82, 2.24) is 20.2 Å². The first kappa shape index (κ1) is 21.8. The van der Waals surface area contributed by atoms with Gasteiger partial charge in [0.25, 0.3) is 5.91 Å². The van der Waals surface area contributed by atoms with Crippen molar-refractivity contribution < 1.29 is 9.53 Å². The lowest BCUT2D eigenvalue weighted by molar-refractivity contribution is 0.0947. The minimum absolute atomic E-state index is 0.0926. The minimum Gasteiger partial charge on any atom is -0.490 e. The highest BCUT2D eigenvalue weighted by Crippen LogP contribution is 2.41. The van der Waals surface area contributed by atoms with E-state index in [0.29, 0.717) is 35.5 Å². The molecule has 1 aromatic carbocycles. The number of fused-ring (bicyclic) bond motifs is 1. The summed E-state index contributed by atoms with van der Waals surface area (Å²) >= 11 is 6.36. The first-order chi connectivity index (χ1) is 16.0. The number of ether oxygens (including phenoxy) is 1. The summed E-state index contributed by atoms with van der Waals surface area (Å²) in [6, 6.07) is 8.05. The molecule has 7 nitrogen and oxygen atoms in total. The number of likely N-dealkylation sites (N-methyl/N-ethyl adjacent to an activating group) is 1. The molecule has 0 saturated carbocycles. The summed E-state index contributed by atoms with van der Waals surface area (Å²) < 4.78 is 6.28. The Morgan fingerprint density at radius 1 is 1.33 bits per heavy atom. The Bertz CT molecular complexity index is 1190. The number of nitrogens with one attached hydrogen (secondary N) is 3. The van der Waals surface area contributed by atoms with Crippen LogP contribution in [0.3, 0.4) is 0 Å². The van der Waals surface area contributed by atoms with Crippen molar-refractivity contribution in [2.24, 2.45) is 0 Å². The van der Waals surface area contributed by atoms with Crippen molar-refractivity contribution in [1.29, 1.82) is 0 Å². The second-order valence-corrected chi connectivity index (χ2v) is 9.14. The zero-order valence-electron chi connectivity index (χ0n) is 18.9. The first-order valence-electron chi connectivity index (χ1n) is 11.4. The van der Waals surface area contributed by atoms with E-state index in [2.05, 4.69) is 32.5 Å². The Hall–Kier alpha value is -3.03. The standard InChI is InChI=1S/C25H28ClN5O2/c1-15-18(26)6-3-7-19(15)29-24-22-20(9-11-28-25(22)32)30-23(24)17-8-10-27-13-21(17)33-14-16-5-4-12-31(16)2/h3,6-8,10,13,16,29-30H,4-5,9,11-12,14H2,1-2H3,(H,28,32). The SMILES string of the molecule is Cc1c(Cl)cccc1Nc1c(-c2ccncc2OCC2CCCN2C)[nH]c2c1C(=O)NCC2. The highest BCUT2D eigenvalue weighted by Gasteiger charge is 2.29. The Balaban J connectivity index is 1.56. The summed E-state index contributed by atoms with van der Waals surface area (Å²) in [4.78, 5) is 23.0. The molecule has 33 heavy (non-hydrogen) atoms. The highest BCUT2D eigenvalue weighted by molar-refractivity contribution is 6.31. The Morgan fingerprint density at radius 3 is 3.03 bits per heavy atom. The molecule has 0 aliphatic carbocycles. The topological polar surface area (TPSA) is 82.3 Å². The largest absolute Gasteiger partial charge is 0.490 e. The molecule has 0 bridgehead atoms. The molecular weight excluding hydrogens is 438 g/mol. The summed E-state index contributed by atoms with van der Waals surface area (Å²) in [6.07, 6.45) is 6.55. The van der Waals surface area contributed by atoms with Crippen molar-refractivity contribution in [3.8, 4) is 17.0 Å². The van der Waals surface area contributed by atoms with Crippen LogP contribution in [0.1, 0.15) is 34.5 Å². The molecular formula is C25H28ClN5O2. The molecule has 2 aromatic heterocycles. The number of carbonyl (C=O) groups excluding carboxylic acids is 1. The number of aromatic amines is 1. The van der Waals surface area contributed by atoms with Crippen molar-refractivity contribution in [3.63, 3.8) is 0 Å². The lowest BCUT2D eigenvalue weighted by Crippen LogP contribution is -2.31. The number of halogens is 1. The maximum Gasteiger partial charge on any atom is 0.255 e. The fraction of sp³-hybridized carbons (Fsp3) is 0.360. The lowest BCUT2D eigenvalue weighted by Gasteiger charge is -2.21. The maximum absolute atomic E-state index is 12.9. The number of aromatic nitrogens is 2. The smallest absolute Gasteiger partial charge is 0.255 e. The monoisotopic (exact) mass is 465 g/mol. The fourth-order valence-electron chi connectivity index (χ4n) is 4.66. The normalized spacial score (nSPS) is 18.2. The minimum atomic E-state index is -0.0926. The fourth-order valence-corrected chi connectivity index (χ4v) is 4.84. The van der Waals surface area contributed by atoms with Gasteiger partial charge in [-0.3, -0.25) is 9.78 Å². The summed E-state index contributed by atoms with van der Waals surface area (Å²) in [5.74, 6) is 0.604. The van der Waals surface area contributed by atoms with E-state index in [-0.39, 0.29) is 5.91 Å². The third-order valence-corrected chi connectivity index (χ3v) is 7.06. The number of likely N-dealkylation sites (tertiary alicyclic amines) is 1. The molecule has 1 amide bonds. The summed E-state index contributed by atoms with van der Waals surface area (Å²) in [5, 5.41) is 7.12. The number of rotatable bonds is 6. The first-order valence-corrected chi connectivity index (χ1v) is 11.7. The molecule has 5 rings (SSSR count). The van der Waals surface area contributed by atoms with Gasteiger partial charge >= 0.3 is 0 Å². The quantitative estimate of drug-likeness (QED) is 0.498. The van der Waals surface area contributed by atoms with Crippen LogP contribution in [0.5, 0.6) is 5.75 Å². The van der Waals surface area contributed by atoms with Crippen molar-refractivity contribution >= 4 is 28.9 Å². The molecule has 4 heterocycles. The summed E-state index contributed by atoms with van der Waals surface area (Å²) in [6.45, 7) is 4.27. The molecule has 3 aromatic rings. The van der Waals surface area contributed by atoms with E-state index in [4.69, 9.17) is 16.3 Å². The van der Waals surface area contributed by atoms with Crippen LogP contribution in [-0.4, -0.2) is 53.6 Å². The molecule has 0 radical (unpaired) electrons. The van der Waals surface area contributed by atoms with Gasteiger partial charge in [0.2, 0.25) is 0 Å². The zero-order valence-corrected chi connectivity index (χ0v) is 19.6. The Morgan fingerprint density at radius 2 is 2.21 bits per heavy atom. The van der Waals surface area contributed by atoms with Crippen LogP contribution in [0.25, 0.3) is 11.3 Å². The molecule has 1 atom stereocenters. The lowest BCUT2D eigenvalue weighted by atomic mass is 10.0. The zero-order chi connectivity index (χ0) is 22.9. The van der Waals surface area contributed by atoms with Gasteiger partial charge in [-0.1, -0.05) is 17.7 Å². The molecule has 172 valence electrons. The average Bonchev–Trinajstić information content (AvgIpc) is 3.39. The van der Waals surface area contributed by atoms with Crippen LogP contribution in [0.4, 0.5) is 11.4 Å². The van der Waals surface area contributed by atoms with Crippen molar-refractivity contribution in [2.75, 3.05) is 32.1 Å². The summed E-state index contributed by atoms with van der Waals surface area (Å²) in [7, 11) is 2.14. The average molecular weight is 466 g/mol. The van der Waals surface area contributed by atoms with E-state index in [0.717, 1.165) is 53.3 Å². The number of hydrogen-bond acceptors (Lipinski definition) is 5. The number of carbonyl (C=O) groups is 1. The van der Waals surface area contributed by atoms with Crippen LogP contribution in [0, 0.1) is 6.92 Å². The molecule has 8 heteroatoms. The molecule has 2 aliphatic heterocycles. The van der Waals surface area contributed by atoms with Gasteiger partial charge in [-0.25, -0.2) is 0 Å². The van der Waals surface area contributed by atoms with Crippen LogP contribution in [0.2, 0.25) is 5.02 Å². The molecule has 1 saturated heterocycles. The number of amides is 1. The van der Waals surface area contributed by atoms with Crippen LogP contribution in [-0.2, 0) is 6.42 Å². The van der Waals surface area contributed by atoms with Gasteiger partial charge in [0.15, 0.2) is 0 Å². The molecule has 1 fully saturated rings. The van der Waals surface area contributed by atoms with E-state index < -0.39 is 0 Å². The Kier molecular flexibility index (Phi) is 6.00. The molecule has 3 N–H and O–H groups in total. The number of pyridine rings is 1. The van der Waals surface area contributed by atoms with E-state index >= 15 is 0 Å². The van der Waals surface area contributed by atoms with Crippen LogP contribution < -0.4 is 15.4 Å². The predicted molar refractivity (Wildman–Crippen MR) is 131 cm³/mol. The second kappa shape index (κ2) is 9.08. The molecule has 2 aliphatic rings. The number of anilines is 2. The van der Waals surface area contributed by atoms with E-state index in [1.807, 2.05) is 31.2 Å².